The highest BCUT2D eigenvalue weighted by Gasteiger charge is 2.35. The molecule has 6 nitrogen and oxygen atoms in total. The van der Waals surface area contributed by atoms with Gasteiger partial charge in [0.1, 0.15) is 5.75 Å². The van der Waals surface area contributed by atoms with Crippen molar-refractivity contribution in [2.45, 2.75) is 32.4 Å². The van der Waals surface area contributed by atoms with Crippen molar-refractivity contribution in [2.24, 2.45) is 0 Å². The molecular formula is C20H26N4O2. The molecule has 2 aliphatic heterocycles. The largest absolute Gasteiger partial charge is 0.439 e. The Morgan fingerprint density at radius 3 is 2.65 bits per heavy atom. The van der Waals surface area contributed by atoms with Crippen LogP contribution in [0.2, 0.25) is 0 Å². The molecule has 2 aliphatic rings. The zero-order chi connectivity index (χ0) is 17.9. The second-order valence-corrected chi connectivity index (χ2v) is 7.10. The number of hydrogen-bond donors (Lipinski definition) is 0. The maximum absolute atomic E-state index is 5.93. The molecule has 26 heavy (non-hydrogen) atoms. The third kappa shape index (κ3) is 3.81. The van der Waals surface area contributed by atoms with E-state index in [-0.39, 0.29) is 0 Å². The van der Waals surface area contributed by atoms with Gasteiger partial charge in [-0.25, -0.2) is 4.98 Å². The molecule has 0 N–H and O–H groups in total. The zero-order valence-electron chi connectivity index (χ0n) is 15.5. The van der Waals surface area contributed by atoms with Crippen molar-refractivity contribution in [3.63, 3.8) is 0 Å². The van der Waals surface area contributed by atoms with E-state index in [9.17, 15) is 0 Å². The summed E-state index contributed by atoms with van der Waals surface area (Å²) in [4.78, 5) is 14.2. The van der Waals surface area contributed by atoms with E-state index in [1.54, 1.807) is 0 Å². The molecule has 4 rings (SSSR count). The predicted molar refractivity (Wildman–Crippen MR) is 101 cm³/mol. The lowest BCUT2D eigenvalue weighted by Gasteiger charge is -2.32. The quantitative estimate of drug-likeness (QED) is 0.841. The SMILES string of the molecule is Cc1cc(Oc2ccccc2)nc(N2CC(N3CCOCC3)CC2C)n1. The van der Waals surface area contributed by atoms with E-state index in [1.165, 1.54) is 0 Å². The summed E-state index contributed by atoms with van der Waals surface area (Å²) < 4.78 is 11.4. The van der Waals surface area contributed by atoms with Gasteiger partial charge in [-0.3, -0.25) is 4.90 Å². The van der Waals surface area contributed by atoms with E-state index >= 15 is 0 Å². The minimum absolute atomic E-state index is 0.411. The number of anilines is 1. The number of ether oxygens (including phenoxy) is 2. The van der Waals surface area contributed by atoms with Crippen LogP contribution in [0.5, 0.6) is 11.6 Å². The van der Waals surface area contributed by atoms with Crippen LogP contribution in [0.4, 0.5) is 5.95 Å². The Labute approximate surface area is 154 Å². The molecule has 6 heteroatoms. The third-order valence-corrected chi connectivity index (χ3v) is 5.16. The summed E-state index contributed by atoms with van der Waals surface area (Å²) in [6, 6.07) is 12.6. The Hall–Kier alpha value is -2.18. The fraction of sp³-hybridized carbons (Fsp3) is 0.500. The van der Waals surface area contributed by atoms with Crippen LogP contribution in [0, 0.1) is 6.92 Å². The summed E-state index contributed by atoms with van der Waals surface area (Å²) >= 11 is 0. The van der Waals surface area contributed by atoms with Crippen molar-refractivity contribution >= 4 is 5.95 Å². The molecule has 3 heterocycles. The number of hydrogen-bond acceptors (Lipinski definition) is 6. The van der Waals surface area contributed by atoms with Gasteiger partial charge in [0.15, 0.2) is 0 Å². The summed E-state index contributed by atoms with van der Waals surface area (Å²) in [6.07, 6.45) is 1.13. The van der Waals surface area contributed by atoms with Crippen molar-refractivity contribution in [1.29, 1.82) is 0 Å². The van der Waals surface area contributed by atoms with E-state index in [0.717, 1.165) is 56.7 Å². The van der Waals surface area contributed by atoms with Crippen molar-refractivity contribution in [3.8, 4) is 11.6 Å². The highest BCUT2D eigenvalue weighted by Crippen LogP contribution is 2.28. The fourth-order valence-corrected chi connectivity index (χ4v) is 3.80. The number of aromatic nitrogens is 2. The summed E-state index contributed by atoms with van der Waals surface area (Å²) in [7, 11) is 0. The van der Waals surface area contributed by atoms with Gasteiger partial charge in [-0.15, -0.1) is 0 Å². The van der Waals surface area contributed by atoms with Crippen LogP contribution in [0.3, 0.4) is 0 Å². The molecule has 2 unspecified atom stereocenters. The van der Waals surface area contributed by atoms with Gasteiger partial charge in [0.2, 0.25) is 11.8 Å². The first-order valence-corrected chi connectivity index (χ1v) is 9.36. The van der Waals surface area contributed by atoms with Crippen LogP contribution in [0.15, 0.2) is 36.4 Å². The Bertz CT molecular complexity index is 734. The predicted octanol–water partition coefficient (Wildman–Crippen LogP) is 2.88. The van der Waals surface area contributed by atoms with E-state index in [1.807, 2.05) is 43.3 Å². The maximum atomic E-state index is 5.93. The number of nitrogens with zero attached hydrogens (tertiary/aromatic N) is 4. The molecule has 1 aromatic carbocycles. The van der Waals surface area contributed by atoms with Crippen LogP contribution in [-0.2, 0) is 4.74 Å². The third-order valence-electron chi connectivity index (χ3n) is 5.16. The molecule has 2 saturated heterocycles. The van der Waals surface area contributed by atoms with Gasteiger partial charge in [0.05, 0.1) is 13.2 Å². The van der Waals surface area contributed by atoms with Gasteiger partial charge in [0, 0.05) is 43.5 Å². The van der Waals surface area contributed by atoms with Gasteiger partial charge in [0.25, 0.3) is 0 Å². The Morgan fingerprint density at radius 1 is 1.12 bits per heavy atom. The molecule has 0 bridgehead atoms. The van der Waals surface area contributed by atoms with Crippen molar-refractivity contribution in [3.05, 3.63) is 42.1 Å². The minimum Gasteiger partial charge on any atom is -0.439 e. The summed E-state index contributed by atoms with van der Waals surface area (Å²) in [6.45, 7) is 8.90. The molecule has 0 amide bonds. The zero-order valence-corrected chi connectivity index (χ0v) is 15.5. The van der Waals surface area contributed by atoms with Crippen molar-refractivity contribution in [1.82, 2.24) is 14.9 Å². The molecule has 1 aromatic heterocycles. The van der Waals surface area contributed by atoms with Gasteiger partial charge >= 0.3 is 0 Å². The standard InChI is InChI=1S/C20H26N4O2/c1-15-12-19(26-18-6-4-3-5-7-18)22-20(21-15)24-14-17(13-16(24)2)23-8-10-25-11-9-23/h3-7,12,16-17H,8-11,13-14H2,1-2H3. The monoisotopic (exact) mass is 354 g/mol. The van der Waals surface area contributed by atoms with Crippen LogP contribution in [0.1, 0.15) is 19.0 Å². The molecule has 2 aromatic rings. The first-order valence-electron chi connectivity index (χ1n) is 9.36. The summed E-state index contributed by atoms with van der Waals surface area (Å²) in [5.41, 5.74) is 0.919. The van der Waals surface area contributed by atoms with Crippen molar-refractivity contribution < 1.29 is 9.47 Å². The molecule has 0 radical (unpaired) electrons. The Balaban J connectivity index is 1.51. The Morgan fingerprint density at radius 2 is 1.88 bits per heavy atom. The van der Waals surface area contributed by atoms with Gasteiger partial charge < -0.3 is 14.4 Å². The number of benzene rings is 1. The molecular weight excluding hydrogens is 328 g/mol. The highest BCUT2D eigenvalue weighted by atomic mass is 16.5. The lowest BCUT2D eigenvalue weighted by molar-refractivity contribution is 0.0204. The van der Waals surface area contributed by atoms with Crippen LogP contribution in [-0.4, -0.2) is 59.8 Å². The molecule has 2 atom stereocenters. The number of rotatable bonds is 4. The summed E-state index contributed by atoms with van der Waals surface area (Å²) in [5, 5.41) is 0. The Kier molecular flexibility index (Phi) is 5.04. The van der Waals surface area contributed by atoms with Gasteiger partial charge in [-0.05, 0) is 32.4 Å². The topological polar surface area (TPSA) is 50.7 Å². The van der Waals surface area contributed by atoms with E-state index in [4.69, 9.17) is 14.5 Å². The van der Waals surface area contributed by atoms with Gasteiger partial charge in [-0.1, -0.05) is 18.2 Å². The second-order valence-electron chi connectivity index (χ2n) is 7.10. The average molecular weight is 354 g/mol. The average Bonchev–Trinajstić information content (AvgIpc) is 3.05. The molecule has 138 valence electrons. The number of morpholine rings is 1. The first-order chi connectivity index (χ1) is 12.7. The van der Waals surface area contributed by atoms with Crippen LogP contribution >= 0.6 is 0 Å². The van der Waals surface area contributed by atoms with Gasteiger partial charge in [-0.2, -0.15) is 4.98 Å². The first kappa shape index (κ1) is 17.2. The maximum Gasteiger partial charge on any atom is 0.229 e. The smallest absolute Gasteiger partial charge is 0.229 e. The molecule has 0 saturated carbocycles. The van der Waals surface area contributed by atoms with Crippen LogP contribution < -0.4 is 9.64 Å². The number of para-hydroxylation sites is 1. The number of aryl methyl sites for hydroxylation is 1. The van der Waals surface area contributed by atoms with Crippen LogP contribution in [0.25, 0.3) is 0 Å². The van der Waals surface area contributed by atoms with Crippen molar-refractivity contribution in [2.75, 3.05) is 37.7 Å². The summed E-state index contributed by atoms with van der Waals surface area (Å²) in [5.74, 6) is 2.15. The molecule has 0 aliphatic carbocycles. The molecule has 2 fully saturated rings. The lowest BCUT2D eigenvalue weighted by Crippen LogP contribution is -2.44. The minimum atomic E-state index is 0.411. The fourth-order valence-electron chi connectivity index (χ4n) is 3.80. The molecule has 0 spiro atoms. The second kappa shape index (κ2) is 7.60. The van der Waals surface area contributed by atoms with E-state index in [0.29, 0.717) is 18.0 Å². The van der Waals surface area contributed by atoms with E-state index < -0.39 is 0 Å². The van der Waals surface area contributed by atoms with E-state index in [2.05, 4.69) is 21.7 Å². The lowest BCUT2D eigenvalue weighted by atomic mass is 10.1. The highest BCUT2D eigenvalue weighted by molar-refractivity contribution is 5.39. The normalized spacial score (nSPS) is 24.0.